The van der Waals surface area contributed by atoms with E-state index in [0.29, 0.717) is 0 Å². The molecule has 0 bridgehead atoms. The van der Waals surface area contributed by atoms with Crippen molar-refractivity contribution in [3.63, 3.8) is 0 Å². The van der Waals surface area contributed by atoms with Gasteiger partial charge in [-0.3, -0.25) is 9.67 Å². The highest BCUT2D eigenvalue weighted by molar-refractivity contribution is 7.11. The molecule has 0 atom stereocenters. The van der Waals surface area contributed by atoms with E-state index in [0.717, 1.165) is 25.3 Å². The summed E-state index contributed by atoms with van der Waals surface area (Å²) < 4.78 is 1.97. The fraction of sp³-hybridized carbons (Fsp3) is 0.389. The maximum absolute atomic E-state index is 4.57. The van der Waals surface area contributed by atoms with Crippen molar-refractivity contribution in [2.75, 3.05) is 5.32 Å². The van der Waals surface area contributed by atoms with Crippen LogP contribution >= 0.6 is 11.3 Å². The van der Waals surface area contributed by atoms with Gasteiger partial charge in [0.25, 0.3) is 0 Å². The summed E-state index contributed by atoms with van der Waals surface area (Å²) in [6.07, 6.45) is 8.57. The third-order valence-corrected chi connectivity index (χ3v) is 5.08. The van der Waals surface area contributed by atoms with Gasteiger partial charge in [-0.15, -0.1) is 11.3 Å². The van der Waals surface area contributed by atoms with Crippen LogP contribution in [0.1, 0.15) is 36.2 Å². The number of nitrogens with zero attached hydrogens (tertiary/aromatic N) is 4. The zero-order valence-corrected chi connectivity index (χ0v) is 15.2. The standard InChI is InChI=1S/C18H23N5S/c1-18(2,3)17-21-13-15(24-17)12-20-16-7-11-23(22-16)10-6-14-4-8-19-9-5-14/h4-5,7-9,11,13H,6,10,12H2,1-3H3,(H,20,22). The average Bonchev–Trinajstić information content (AvgIpc) is 3.21. The van der Waals surface area contributed by atoms with Gasteiger partial charge < -0.3 is 5.32 Å². The molecule has 5 nitrogen and oxygen atoms in total. The summed E-state index contributed by atoms with van der Waals surface area (Å²) in [5.41, 5.74) is 1.38. The highest BCUT2D eigenvalue weighted by Gasteiger charge is 2.17. The number of hydrogen-bond acceptors (Lipinski definition) is 5. The molecule has 0 aliphatic carbocycles. The van der Waals surface area contributed by atoms with Gasteiger partial charge in [-0.1, -0.05) is 20.8 Å². The summed E-state index contributed by atoms with van der Waals surface area (Å²) >= 11 is 1.76. The first-order valence-electron chi connectivity index (χ1n) is 8.12. The molecule has 0 fully saturated rings. The monoisotopic (exact) mass is 341 g/mol. The Bertz CT molecular complexity index is 770. The Labute approximate surface area is 146 Å². The Morgan fingerprint density at radius 2 is 1.96 bits per heavy atom. The lowest BCUT2D eigenvalue weighted by atomic mass is 9.98. The minimum absolute atomic E-state index is 0.109. The van der Waals surface area contributed by atoms with Gasteiger partial charge in [-0.2, -0.15) is 5.10 Å². The summed E-state index contributed by atoms with van der Waals surface area (Å²) in [7, 11) is 0. The molecule has 126 valence electrons. The van der Waals surface area contributed by atoms with Gasteiger partial charge in [0.05, 0.1) is 11.6 Å². The van der Waals surface area contributed by atoms with Crippen LogP contribution in [0.2, 0.25) is 0 Å². The van der Waals surface area contributed by atoms with Crippen molar-refractivity contribution in [1.29, 1.82) is 0 Å². The van der Waals surface area contributed by atoms with Crippen molar-refractivity contribution in [2.24, 2.45) is 0 Å². The average molecular weight is 341 g/mol. The van der Waals surface area contributed by atoms with Crippen LogP contribution in [-0.2, 0) is 24.9 Å². The Balaban J connectivity index is 1.52. The van der Waals surface area contributed by atoms with Gasteiger partial charge >= 0.3 is 0 Å². The van der Waals surface area contributed by atoms with E-state index in [1.165, 1.54) is 15.4 Å². The summed E-state index contributed by atoms with van der Waals surface area (Å²) in [5.74, 6) is 0.899. The Morgan fingerprint density at radius 3 is 2.67 bits per heavy atom. The molecule has 0 radical (unpaired) electrons. The Kier molecular flexibility index (Phi) is 4.94. The number of nitrogens with one attached hydrogen (secondary N) is 1. The van der Waals surface area contributed by atoms with Crippen LogP contribution in [0.15, 0.2) is 43.0 Å². The molecule has 0 saturated heterocycles. The van der Waals surface area contributed by atoms with E-state index in [2.05, 4.69) is 41.2 Å². The third-order valence-electron chi connectivity index (χ3n) is 3.66. The van der Waals surface area contributed by atoms with E-state index < -0.39 is 0 Å². The van der Waals surface area contributed by atoms with Crippen LogP contribution in [0.25, 0.3) is 0 Å². The van der Waals surface area contributed by atoms with Gasteiger partial charge in [0.15, 0.2) is 0 Å². The van der Waals surface area contributed by atoms with Crippen LogP contribution in [0.3, 0.4) is 0 Å². The van der Waals surface area contributed by atoms with E-state index in [1.807, 2.05) is 47.7 Å². The predicted octanol–water partition coefficient (Wildman–Crippen LogP) is 3.89. The summed E-state index contributed by atoms with van der Waals surface area (Å²) in [5, 5.41) is 9.11. The second kappa shape index (κ2) is 7.13. The van der Waals surface area contributed by atoms with Crippen molar-refractivity contribution in [2.45, 2.75) is 45.7 Å². The second-order valence-corrected chi connectivity index (χ2v) is 7.92. The lowest BCUT2D eigenvalue weighted by molar-refractivity contribution is 0.585. The highest BCUT2D eigenvalue weighted by Crippen LogP contribution is 2.27. The number of hydrogen-bond donors (Lipinski definition) is 1. The maximum atomic E-state index is 4.57. The van der Waals surface area contributed by atoms with Gasteiger partial charge in [0, 0.05) is 47.7 Å². The smallest absolute Gasteiger partial charge is 0.148 e. The molecule has 0 aliphatic heterocycles. The third kappa shape index (κ3) is 4.41. The number of pyridine rings is 1. The molecule has 0 amide bonds. The Hall–Kier alpha value is -2.21. The quantitative estimate of drug-likeness (QED) is 0.739. The lowest BCUT2D eigenvalue weighted by Crippen LogP contribution is -2.09. The summed E-state index contributed by atoms with van der Waals surface area (Å²) in [6.45, 7) is 8.18. The molecular weight excluding hydrogens is 318 g/mol. The highest BCUT2D eigenvalue weighted by atomic mass is 32.1. The molecule has 0 saturated carbocycles. The van der Waals surface area contributed by atoms with E-state index in [1.54, 1.807) is 11.3 Å². The number of aromatic nitrogens is 4. The first-order chi connectivity index (χ1) is 11.5. The molecule has 0 spiro atoms. The maximum Gasteiger partial charge on any atom is 0.148 e. The summed E-state index contributed by atoms with van der Waals surface area (Å²) in [6, 6.07) is 6.09. The lowest BCUT2D eigenvalue weighted by Gasteiger charge is -2.13. The topological polar surface area (TPSA) is 55.6 Å². The number of aryl methyl sites for hydroxylation is 2. The zero-order chi connectivity index (χ0) is 17.0. The van der Waals surface area contributed by atoms with E-state index in [9.17, 15) is 0 Å². The molecule has 3 rings (SSSR count). The van der Waals surface area contributed by atoms with Crippen molar-refractivity contribution in [3.8, 4) is 0 Å². The molecule has 3 aromatic rings. The molecular formula is C18H23N5S. The first-order valence-corrected chi connectivity index (χ1v) is 8.94. The fourth-order valence-corrected chi connectivity index (χ4v) is 3.20. The van der Waals surface area contributed by atoms with Crippen LogP contribution < -0.4 is 5.32 Å². The first kappa shape index (κ1) is 16.6. The normalized spacial score (nSPS) is 11.6. The predicted molar refractivity (Wildman–Crippen MR) is 98.3 cm³/mol. The number of anilines is 1. The second-order valence-electron chi connectivity index (χ2n) is 6.80. The van der Waals surface area contributed by atoms with Crippen molar-refractivity contribution in [3.05, 3.63) is 58.4 Å². The summed E-state index contributed by atoms with van der Waals surface area (Å²) in [4.78, 5) is 9.78. The minimum atomic E-state index is 0.109. The van der Waals surface area contributed by atoms with Gasteiger partial charge in [-0.05, 0) is 24.1 Å². The molecule has 24 heavy (non-hydrogen) atoms. The van der Waals surface area contributed by atoms with Crippen LogP contribution in [0.5, 0.6) is 0 Å². The van der Waals surface area contributed by atoms with Crippen molar-refractivity contribution in [1.82, 2.24) is 19.7 Å². The molecule has 0 aliphatic rings. The van der Waals surface area contributed by atoms with Crippen molar-refractivity contribution >= 4 is 17.2 Å². The van der Waals surface area contributed by atoms with Gasteiger partial charge in [-0.25, -0.2) is 4.98 Å². The minimum Gasteiger partial charge on any atom is -0.364 e. The SMILES string of the molecule is CC(C)(C)c1ncc(CNc2ccn(CCc3ccncc3)n2)s1. The van der Waals surface area contributed by atoms with Crippen LogP contribution in [-0.4, -0.2) is 19.7 Å². The molecule has 6 heteroatoms. The van der Waals surface area contributed by atoms with Crippen molar-refractivity contribution < 1.29 is 0 Å². The number of thiazole rings is 1. The largest absolute Gasteiger partial charge is 0.364 e. The van der Waals surface area contributed by atoms with E-state index >= 15 is 0 Å². The van der Waals surface area contributed by atoms with Crippen LogP contribution in [0.4, 0.5) is 5.82 Å². The van der Waals surface area contributed by atoms with Gasteiger partial charge in [0.1, 0.15) is 5.82 Å². The van der Waals surface area contributed by atoms with Crippen LogP contribution in [0, 0.1) is 0 Å². The number of rotatable bonds is 6. The molecule has 1 N–H and O–H groups in total. The van der Waals surface area contributed by atoms with E-state index in [4.69, 9.17) is 0 Å². The molecule has 0 unspecified atom stereocenters. The molecule has 3 aromatic heterocycles. The van der Waals surface area contributed by atoms with E-state index in [-0.39, 0.29) is 5.41 Å². The fourth-order valence-electron chi connectivity index (χ4n) is 2.29. The Morgan fingerprint density at radius 1 is 1.17 bits per heavy atom. The molecule has 3 heterocycles. The van der Waals surface area contributed by atoms with Gasteiger partial charge in [0.2, 0.25) is 0 Å². The zero-order valence-electron chi connectivity index (χ0n) is 14.4. The molecule has 0 aromatic carbocycles.